The zero-order chi connectivity index (χ0) is 25.7. The van der Waals surface area contributed by atoms with E-state index in [2.05, 4.69) is 64.5 Å². The van der Waals surface area contributed by atoms with Crippen LogP contribution in [0.5, 0.6) is 0 Å². The minimum Gasteiger partial charge on any atom is -0.356 e. The van der Waals surface area contributed by atoms with Gasteiger partial charge in [-0.05, 0) is 59.6 Å². The molecular formula is C30H22N2. The van der Waals surface area contributed by atoms with Gasteiger partial charge in [-0.3, -0.25) is 0 Å². The predicted octanol–water partition coefficient (Wildman–Crippen LogP) is 8.19. The van der Waals surface area contributed by atoms with Crippen molar-refractivity contribution in [3.05, 3.63) is 127 Å². The van der Waals surface area contributed by atoms with Crippen LogP contribution < -0.4 is 5.32 Å². The van der Waals surface area contributed by atoms with Crippen molar-refractivity contribution >= 4 is 33.2 Å². The van der Waals surface area contributed by atoms with E-state index in [-0.39, 0.29) is 29.9 Å². The van der Waals surface area contributed by atoms with E-state index in [1.807, 2.05) is 42.5 Å². The third-order valence-corrected chi connectivity index (χ3v) is 5.65. The summed E-state index contributed by atoms with van der Waals surface area (Å²) in [6, 6.07) is 31.1. The van der Waals surface area contributed by atoms with E-state index in [1.54, 1.807) is 0 Å². The van der Waals surface area contributed by atoms with Crippen LogP contribution in [-0.4, -0.2) is 4.57 Å². The van der Waals surface area contributed by atoms with E-state index in [0.717, 1.165) is 33.2 Å². The van der Waals surface area contributed by atoms with E-state index in [4.69, 9.17) is 6.85 Å². The number of fused-ring (bicyclic) bond motifs is 3. The van der Waals surface area contributed by atoms with Crippen LogP contribution in [0.15, 0.2) is 127 Å². The van der Waals surface area contributed by atoms with Gasteiger partial charge in [0.15, 0.2) is 0 Å². The molecule has 0 bridgehead atoms. The van der Waals surface area contributed by atoms with E-state index in [0.29, 0.717) is 5.69 Å². The average Bonchev–Trinajstić information content (AvgIpc) is 3.27. The minimum atomic E-state index is -0.406. The van der Waals surface area contributed by atoms with Crippen molar-refractivity contribution in [2.45, 2.75) is 0 Å². The summed E-state index contributed by atoms with van der Waals surface area (Å²) in [5, 5.41) is 5.40. The fourth-order valence-electron chi connectivity index (χ4n) is 4.24. The Bertz CT molecular complexity index is 1780. The zero-order valence-corrected chi connectivity index (χ0v) is 17.2. The molecule has 1 heterocycles. The lowest BCUT2D eigenvalue weighted by Gasteiger charge is -2.10. The van der Waals surface area contributed by atoms with Crippen molar-refractivity contribution in [1.29, 1.82) is 0 Å². The molecule has 0 aliphatic heterocycles. The van der Waals surface area contributed by atoms with E-state index >= 15 is 0 Å². The molecule has 0 saturated heterocycles. The molecule has 1 aromatic heterocycles. The third-order valence-electron chi connectivity index (χ3n) is 5.65. The van der Waals surface area contributed by atoms with Crippen molar-refractivity contribution in [2.24, 2.45) is 0 Å². The summed E-state index contributed by atoms with van der Waals surface area (Å²) in [5.74, 6) is 0. The summed E-state index contributed by atoms with van der Waals surface area (Å²) in [7, 11) is 0. The molecule has 32 heavy (non-hydrogen) atoms. The maximum Gasteiger partial charge on any atom is 0.0645 e. The zero-order valence-electron chi connectivity index (χ0n) is 22.2. The fraction of sp³-hybridized carbons (Fsp3) is 0. The molecule has 2 nitrogen and oxygen atoms in total. The van der Waals surface area contributed by atoms with Gasteiger partial charge in [0.1, 0.15) is 0 Å². The van der Waals surface area contributed by atoms with Gasteiger partial charge in [0.2, 0.25) is 0 Å². The largest absolute Gasteiger partial charge is 0.356 e. The second-order valence-corrected chi connectivity index (χ2v) is 7.63. The second-order valence-electron chi connectivity index (χ2n) is 7.63. The van der Waals surface area contributed by atoms with Crippen molar-refractivity contribution in [3.8, 4) is 16.8 Å². The van der Waals surface area contributed by atoms with Crippen molar-refractivity contribution in [1.82, 2.24) is 4.57 Å². The van der Waals surface area contributed by atoms with Gasteiger partial charge in [-0.15, -0.1) is 0 Å². The summed E-state index contributed by atoms with van der Waals surface area (Å²) in [5.41, 5.74) is 5.97. The Balaban J connectivity index is 1.47. The molecule has 6 aromatic rings. The van der Waals surface area contributed by atoms with Crippen molar-refractivity contribution in [2.75, 3.05) is 5.32 Å². The van der Waals surface area contributed by atoms with Crippen LogP contribution in [0.1, 0.15) is 6.85 Å². The van der Waals surface area contributed by atoms with Crippen molar-refractivity contribution < 1.29 is 6.85 Å². The van der Waals surface area contributed by atoms with E-state index in [9.17, 15) is 0 Å². The first-order chi connectivity index (χ1) is 17.9. The van der Waals surface area contributed by atoms with Gasteiger partial charge in [0.25, 0.3) is 0 Å². The number of anilines is 2. The Hall–Kier alpha value is -4.30. The molecule has 5 aromatic carbocycles. The van der Waals surface area contributed by atoms with Gasteiger partial charge < -0.3 is 9.88 Å². The summed E-state index contributed by atoms with van der Waals surface area (Å²) in [4.78, 5) is 0. The number of benzene rings is 5. The Morgan fingerprint density at radius 3 is 2.19 bits per heavy atom. The van der Waals surface area contributed by atoms with Crippen LogP contribution in [0.3, 0.4) is 0 Å². The number of para-hydroxylation sites is 3. The molecular weight excluding hydrogens is 388 g/mol. The van der Waals surface area contributed by atoms with Crippen LogP contribution in [0.4, 0.5) is 11.4 Å². The molecule has 0 fully saturated rings. The molecule has 0 aliphatic carbocycles. The first-order valence-electron chi connectivity index (χ1n) is 13.0. The topological polar surface area (TPSA) is 17.0 Å². The van der Waals surface area contributed by atoms with Gasteiger partial charge in [0.05, 0.1) is 17.9 Å². The van der Waals surface area contributed by atoms with Crippen LogP contribution >= 0.6 is 0 Å². The van der Waals surface area contributed by atoms with Crippen molar-refractivity contribution in [3.63, 3.8) is 0 Å². The second kappa shape index (κ2) is 7.75. The quantitative estimate of drug-likeness (QED) is 0.307. The van der Waals surface area contributed by atoms with E-state index < -0.39 is 6.04 Å². The van der Waals surface area contributed by atoms with Gasteiger partial charge in [-0.25, -0.2) is 0 Å². The fourth-order valence-corrected chi connectivity index (χ4v) is 4.24. The maximum absolute atomic E-state index is 8.21. The number of aromatic nitrogens is 1. The Morgan fingerprint density at radius 2 is 1.31 bits per heavy atom. The normalized spacial score (nSPS) is 13.3. The van der Waals surface area contributed by atoms with Crippen LogP contribution in [0.25, 0.3) is 38.6 Å². The smallest absolute Gasteiger partial charge is 0.0645 e. The monoisotopic (exact) mass is 415 g/mol. The number of nitrogens with zero attached hydrogens (tertiary/aromatic N) is 1. The van der Waals surface area contributed by atoms with Gasteiger partial charge in [0, 0.05) is 27.8 Å². The lowest BCUT2D eigenvalue weighted by atomic mass is 10.0. The lowest BCUT2D eigenvalue weighted by molar-refractivity contribution is 1.18. The highest BCUT2D eigenvalue weighted by atomic mass is 15.0. The summed E-state index contributed by atoms with van der Waals surface area (Å²) in [6.07, 6.45) is 0. The van der Waals surface area contributed by atoms with Gasteiger partial charge in [-0.2, -0.15) is 0 Å². The first kappa shape index (κ1) is 13.9. The van der Waals surface area contributed by atoms with Crippen LogP contribution in [0, 0.1) is 0 Å². The molecule has 6 rings (SSSR count). The maximum atomic E-state index is 8.21. The van der Waals surface area contributed by atoms with Gasteiger partial charge in [-0.1, -0.05) is 78.8 Å². The van der Waals surface area contributed by atoms with Crippen LogP contribution in [-0.2, 0) is 0 Å². The highest BCUT2D eigenvalue weighted by Gasteiger charge is 2.13. The molecule has 2 heteroatoms. The molecule has 0 aliphatic rings. The number of nitrogens with one attached hydrogen (secondary N) is 1. The molecule has 0 amide bonds. The van der Waals surface area contributed by atoms with Crippen LogP contribution in [0.2, 0.25) is 0 Å². The Kier molecular flexibility index (Phi) is 3.37. The summed E-state index contributed by atoms with van der Waals surface area (Å²) in [6.45, 7) is 0. The molecule has 0 spiro atoms. The SMILES string of the molecule is [2H]c1c([2H])c([2H])c(Nc2cccc(-c3ccc4c5ccccc5n(-c5ccccc5)c4c3)c2)c([2H])c1[2H]. The minimum absolute atomic E-state index is 0.0582. The average molecular weight is 416 g/mol. The Morgan fingerprint density at radius 1 is 0.562 bits per heavy atom. The molecule has 1 N–H and O–H groups in total. The predicted molar refractivity (Wildman–Crippen MR) is 136 cm³/mol. The third kappa shape index (κ3) is 3.23. The molecule has 152 valence electrons. The summed E-state index contributed by atoms with van der Waals surface area (Å²) < 4.78 is 42.4. The highest BCUT2D eigenvalue weighted by molar-refractivity contribution is 6.10. The number of hydrogen-bond donors (Lipinski definition) is 1. The highest BCUT2D eigenvalue weighted by Crippen LogP contribution is 2.35. The first-order valence-corrected chi connectivity index (χ1v) is 10.5. The van der Waals surface area contributed by atoms with Gasteiger partial charge >= 0.3 is 0 Å². The number of rotatable bonds is 4. The molecule has 0 atom stereocenters. The Labute approximate surface area is 194 Å². The number of hydrogen-bond acceptors (Lipinski definition) is 1. The lowest BCUT2D eigenvalue weighted by Crippen LogP contribution is -1.93. The molecule has 0 radical (unpaired) electrons. The molecule has 0 unspecified atom stereocenters. The standard InChI is InChI=1S/C30H22N2/c1-3-11-24(12-4-1)31-25-13-9-10-22(20-25)23-18-19-28-27-16-7-8-17-29(27)32(30(28)21-23)26-14-5-2-6-15-26/h1-21,31H/i1D,3D,4D,11D,12D. The van der Waals surface area contributed by atoms with E-state index in [1.165, 1.54) is 5.39 Å². The molecule has 0 saturated carbocycles. The summed E-state index contributed by atoms with van der Waals surface area (Å²) >= 11 is 0.